The van der Waals surface area contributed by atoms with Gasteiger partial charge < -0.3 is 9.47 Å². The third-order valence-corrected chi connectivity index (χ3v) is 5.26. The number of aromatic nitrogens is 1. The molecular weight excluding hydrogens is 461 g/mol. The molecule has 3 rings (SSSR count). The summed E-state index contributed by atoms with van der Waals surface area (Å²) in [6.45, 7) is 0.921. The standard InChI is InChI=1S/C22H17F3N2O5S/c1-13(28)27(16-7-5-6-14(10-16)22(23,24)25)21-26-15(12-33-21)11-32-20(30)18-9-4-3-8-17(18)19(29)31-2/h3-10,12H,11H2,1-2H3. The average Bonchev–Trinajstić information content (AvgIpc) is 3.24. The van der Waals surface area contributed by atoms with E-state index in [-0.39, 0.29) is 34.2 Å². The molecule has 2 aromatic carbocycles. The van der Waals surface area contributed by atoms with Crippen molar-refractivity contribution in [2.75, 3.05) is 12.0 Å². The summed E-state index contributed by atoms with van der Waals surface area (Å²) in [5.41, 5.74) is -0.578. The molecule has 7 nitrogen and oxygen atoms in total. The van der Waals surface area contributed by atoms with Gasteiger partial charge in [-0.1, -0.05) is 18.2 Å². The molecule has 0 radical (unpaired) electrons. The second-order valence-electron chi connectivity index (χ2n) is 6.64. The Kier molecular flexibility index (Phi) is 7.12. The van der Waals surface area contributed by atoms with Crippen LogP contribution in [0.25, 0.3) is 0 Å². The monoisotopic (exact) mass is 478 g/mol. The number of carbonyl (C=O) groups is 3. The molecule has 0 unspecified atom stereocenters. The summed E-state index contributed by atoms with van der Waals surface area (Å²) in [4.78, 5) is 41.7. The maximum atomic E-state index is 13.1. The molecule has 0 bridgehead atoms. The highest BCUT2D eigenvalue weighted by atomic mass is 32.1. The Morgan fingerprint density at radius 1 is 1.03 bits per heavy atom. The second-order valence-corrected chi connectivity index (χ2v) is 7.47. The first kappa shape index (κ1) is 23.9. The van der Waals surface area contributed by atoms with Gasteiger partial charge in [-0.05, 0) is 30.3 Å². The number of methoxy groups -OCH3 is 1. The van der Waals surface area contributed by atoms with E-state index in [2.05, 4.69) is 9.72 Å². The van der Waals surface area contributed by atoms with E-state index >= 15 is 0 Å². The zero-order valence-corrected chi connectivity index (χ0v) is 18.2. The number of thiazole rings is 1. The Bertz CT molecular complexity index is 1190. The maximum absolute atomic E-state index is 13.1. The van der Waals surface area contributed by atoms with Crippen LogP contribution in [0.4, 0.5) is 24.0 Å². The van der Waals surface area contributed by atoms with E-state index in [9.17, 15) is 27.6 Å². The van der Waals surface area contributed by atoms with Crippen molar-refractivity contribution in [1.29, 1.82) is 0 Å². The number of alkyl halides is 3. The van der Waals surface area contributed by atoms with Gasteiger partial charge in [0.1, 0.15) is 6.61 Å². The van der Waals surface area contributed by atoms with Crippen LogP contribution in [0.5, 0.6) is 0 Å². The molecule has 0 atom stereocenters. The molecule has 11 heteroatoms. The van der Waals surface area contributed by atoms with Gasteiger partial charge in [0, 0.05) is 12.3 Å². The summed E-state index contributed by atoms with van der Waals surface area (Å²) in [5, 5.41) is 1.63. The number of hydrogen-bond acceptors (Lipinski definition) is 7. The van der Waals surface area contributed by atoms with Gasteiger partial charge in [0.05, 0.1) is 35.2 Å². The van der Waals surface area contributed by atoms with Crippen molar-refractivity contribution < 1.29 is 37.0 Å². The van der Waals surface area contributed by atoms with Crippen LogP contribution in [0.1, 0.15) is 38.9 Å². The zero-order valence-electron chi connectivity index (χ0n) is 17.4. The Morgan fingerprint density at radius 2 is 1.70 bits per heavy atom. The first-order chi connectivity index (χ1) is 15.6. The smallest absolute Gasteiger partial charge is 0.416 e. The van der Waals surface area contributed by atoms with E-state index in [1.807, 2.05) is 0 Å². The molecule has 0 saturated carbocycles. The molecule has 0 aliphatic rings. The van der Waals surface area contributed by atoms with Crippen molar-refractivity contribution in [3.05, 3.63) is 76.3 Å². The number of halogens is 3. The molecule has 172 valence electrons. The van der Waals surface area contributed by atoms with Crippen LogP contribution in [0, 0.1) is 0 Å². The number of benzene rings is 2. The van der Waals surface area contributed by atoms with Crippen molar-refractivity contribution in [2.24, 2.45) is 0 Å². The largest absolute Gasteiger partial charge is 0.465 e. The Hall–Kier alpha value is -3.73. The van der Waals surface area contributed by atoms with Gasteiger partial charge in [-0.15, -0.1) is 11.3 Å². The minimum absolute atomic E-state index is 0.00206. The Balaban J connectivity index is 1.78. The summed E-state index contributed by atoms with van der Waals surface area (Å²) in [5.74, 6) is -2.03. The van der Waals surface area contributed by atoms with Gasteiger partial charge in [-0.2, -0.15) is 13.2 Å². The second kappa shape index (κ2) is 9.82. The van der Waals surface area contributed by atoms with E-state index in [0.717, 1.165) is 28.4 Å². The van der Waals surface area contributed by atoms with Crippen LogP contribution < -0.4 is 4.90 Å². The van der Waals surface area contributed by atoms with Crippen molar-refractivity contribution in [3.63, 3.8) is 0 Å². The van der Waals surface area contributed by atoms with Crippen LogP contribution >= 0.6 is 11.3 Å². The van der Waals surface area contributed by atoms with E-state index in [1.165, 1.54) is 43.7 Å². The highest BCUT2D eigenvalue weighted by Crippen LogP contribution is 2.35. The number of rotatable bonds is 6. The quantitative estimate of drug-likeness (QED) is 0.464. The predicted octanol–water partition coefficient (Wildman–Crippen LogP) is 4.99. The molecule has 0 fully saturated rings. The molecule has 0 aliphatic carbocycles. The van der Waals surface area contributed by atoms with E-state index < -0.39 is 29.6 Å². The topological polar surface area (TPSA) is 85.8 Å². The first-order valence-corrected chi connectivity index (χ1v) is 10.3. The Labute approximate surface area is 190 Å². The lowest BCUT2D eigenvalue weighted by Gasteiger charge is -2.19. The molecule has 0 aliphatic heterocycles. The molecule has 1 heterocycles. The molecule has 0 saturated heterocycles. The lowest BCUT2D eigenvalue weighted by Crippen LogP contribution is -2.23. The molecule has 1 amide bonds. The molecule has 3 aromatic rings. The van der Waals surface area contributed by atoms with Gasteiger partial charge in [0.15, 0.2) is 5.13 Å². The normalized spacial score (nSPS) is 11.1. The number of hydrogen-bond donors (Lipinski definition) is 0. The van der Waals surface area contributed by atoms with Crippen molar-refractivity contribution >= 4 is 40.0 Å². The lowest BCUT2D eigenvalue weighted by atomic mass is 10.1. The molecule has 0 N–H and O–H groups in total. The fraction of sp³-hybridized carbons (Fsp3) is 0.182. The fourth-order valence-corrected chi connectivity index (χ4v) is 3.75. The third-order valence-electron chi connectivity index (χ3n) is 4.38. The van der Waals surface area contributed by atoms with Crippen molar-refractivity contribution in [2.45, 2.75) is 19.7 Å². The first-order valence-electron chi connectivity index (χ1n) is 9.38. The number of carbonyl (C=O) groups excluding carboxylic acids is 3. The number of amides is 1. The van der Waals surface area contributed by atoms with Crippen LogP contribution in [0.15, 0.2) is 53.9 Å². The van der Waals surface area contributed by atoms with Gasteiger partial charge in [-0.3, -0.25) is 9.69 Å². The highest BCUT2D eigenvalue weighted by Gasteiger charge is 2.31. The SMILES string of the molecule is COC(=O)c1ccccc1C(=O)OCc1csc(N(C(C)=O)c2cccc(C(F)(F)F)c2)n1. The number of anilines is 2. The minimum atomic E-state index is -4.57. The summed E-state index contributed by atoms with van der Waals surface area (Å²) in [6, 6.07) is 10.3. The fourth-order valence-electron chi connectivity index (χ4n) is 2.88. The summed E-state index contributed by atoms with van der Waals surface area (Å²) >= 11 is 1.00. The Morgan fingerprint density at radius 3 is 2.30 bits per heavy atom. The predicted molar refractivity (Wildman–Crippen MR) is 113 cm³/mol. The van der Waals surface area contributed by atoms with Gasteiger partial charge >= 0.3 is 18.1 Å². The van der Waals surface area contributed by atoms with Gasteiger partial charge in [-0.25, -0.2) is 14.6 Å². The highest BCUT2D eigenvalue weighted by molar-refractivity contribution is 7.14. The maximum Gasteiger partial charge on any atom is 0.416 e. The van der Waals surface area contributed by atoms with Crippen molar-refractivity contribution in [1.82, 2.24) is 4.98 Å². The van der Waals surface area contributed by atoms with E-state index in [0.29, 0.717) is 0 Å². The van der Waals surface area contributed by atoms with Gasteiger partial charge in [0.25, 0.3) is 0 Å². The summed E-state index contributed by atoms with van der Waals surface area (Å²) in [7, 11) is 1.19. The molecular formula is C22H17F3N2O5S. The summed E-state index contributed by atoms with van der Waals surface area (Å²) < 4.78 is 49.1. The lowest BCUT2D eigenvalue weighted by molar-refractivity contribution is -0.137. The van der Waals surface area contributed by atoms with Gasteiger partial charge in [0.2, 0.25) is 5.91 Å². The molecule has 1 aromatic heterocycles. The van der Waals surface area contributed by atoms with E-state index in [4.69, 9.17) is 4.74 Å². The van der Waals surface area contributed by atoms with E-state index in [1.54, 1.807) is 12.1 Å². The van der Waals surface area contributed by atoms with Crippen LogP contribution in [-0.2, 0) is 27.1 Å². The molecule has 0 spiro atoms. The number of nitrogens with zero attached hydrogens (tertiary/aromatic N) is 2. The number of esters is 2. The number of ether oxygens (including phenoxy) is 2. The average molecular weight is 478 g/mol. The molecule has 33 heavy (non-hydrogen) atoms. The third kappa shape index (κ3) is 5.55. The van der Waals surface area contributed by atoms with Crippen LogP contribution in [0.3, 0.4) is 0 Å². The van der Waals surface area contributed by atoms with Crippen molar-refractivity contribution in [3.8, 4) is 0 Å². The summed E-state index contributed by atoms with van der Waals surface area (Å²) in [6.07, 6.45) is -4.57. The van der Waals surface area contributed by atoms with Crippen LogP contribution in [-0.4, -0.2) is 29.9 Å². The zero-order chi connectivity index (χ0) is 24.2. The minimum Gasteiger partial charge on any atom is -0.465 e. The van der Waals surface area contributed by atoms with Crippen LogP contribution in [0.2, 0.25) is 0 Å².